The maximum atomic E-state index is 13.0. The molecule has 2 aromatic rings. The molecule has 180 valence electrons. The van der Waals surface area contributed by atoms with E-state index in [1.165, 1.54) is 0 Å². The third kappa shape index (κ3) is 6.94. The molecule has 0 radical (unpaired) electrons. The van der Waals surface area contributed by atoms with E-state index < -0.39 is 5.54 Å². The van der Waals surface area contributed by atoms with Crippen molar-refractivity contribution in [3.8, 4) is 5.75 Å². The predicted octanol–water partition coefficient (Wildman–Crippen LogP) is 4.62. The molecule has 7 nitrogen and oxygen atoms in total. The van der Waals surface area contributed by atoms with E-state index in [1.54, 1.807) is 19.2 Å². The van der Waals surface area contributed by atoms with Crippen molar-refractivity contribution in [1.29, 1.82) is 0 Å². The molecule has 0 saturated carbocycles. The number of ketones is 1. The highest BCUT2D eigenvalue weighted by Gasteiger charge is 2.35. The summed E-state index contributed by atoms with van der Waals surface area (Å²) >= 11 is 0. The number of ether oxygens (including phenoxy) is 1. The van der Waals surface area contributed by atoms with Gasteiger partial charge in [-0.3, -0.25) is 9.79 Å². The molecule has 0 aromatic heterocycles. The van der Waals surface area contributed by atoms with Gasteiger partial charge in [-0.2, -0.15) is 0 Å². The molecule has 1 atom stereocenters. The summed E-state index contributed by atoms with van der Waals surface area (Å²) in [5, 5.41) is 5.67. The molecule has 3 rings (SSSR count). The van der Waals surface area contributed by atoms with Crippen molar-refractivity contribution in [3.05, 3.63) is 71.3 Å². The van der Waals surface area contributed by atoms with Crippen LogP contribution in [0.1, 0.15) is 44.7 Å². The van der Waals surface area contributed by atoms with E-state index >= 15 is 0 Å². The van der Waals surface area contributed by atoms with Crippen molar-refractivity contribution < 1.29 is 14.3 Å². The van der Waals surface area contributed by atoms with Gasteiger partial charge in [-0.1, -0.05) is 49.8 Å². The average Bonchev–Trinajstić information content (AvgIpc) is 2.86. The van der Waals surface area contributed by atoms with Crippen LogP contribution in [-0.4, -0.2) is 30.3 Å². The van der Waals surface area contributed by atoms with Crippen LogP contribution in [0.25, 0.3) is 0 Å². The number of hydrogen-bond donors (Lipinski definition) is 3. The van der Waals surface area contributed by atoms with E-state index in [2.05, 4.69) is 29.5 Å². The standard InChI is InChI=1S/C27H34N4O3/c1-18(2)16-27(3)24(32)13-21(14-25(28)31-27)12-19-7-5-8-20(11-19)17-29-26(33)30-22-9-6-10-23(15-22)34-4/h5-11,14-15,18H,12-13,16-17H2,1-4H3,(H2,28,31)(H2,29,30,33). The third-order valence-corrected chi connectivity index (χ3v) is 5.73. The summed E-state index contributed by atoms with van der Waals surface area (Å²) in [5.74, 6) is 1.51. The van der Waals surface area contributed by atoms with Gasteiger partial charge in [0.25, 0.3) is 0 Å². The van der Waals surface area contributed by atoms with Gasteiger partial charge in [0, 0.05) is 24.7 Å². The average molecular weight is 463 g/mol. The van der Waals surface area contributed by atoms with E-state index in [9.17, 15) is 9.59 Å². The summed E-state index contributed by atoms with van der Waals surface area (Å²) in [4.78, 5) is 29.8. The van der Waals surface area contributed by atoms with Crippen molar-refractivity contribution in [2.24, 2.45) is 16.6 Å². The maximum Gasteiger partial charge on any atom is 0.319 e. The van der Waals surface area contributed by atoms with Crippen LogP contribution in [0.4, 0.5) is 10.5 Å². The number of aliphatic imine (C=N–C) groups is 1. The number of urea groups is 1. The number of nitrogens with two attached hydrogens (primary N) is 1. The molecule has 0 fully saturated rings. The van der Waals surface area contributed by atoms with Gasteiger partial charge in [0.15, 0.2) is 5.78 Å². The predicted molar refractivity (Wildman–Crippen MR) is 136 cm³/mol. The first-order valence-electron chi connectivity index (χ1n) is 11.5. The van der Waals surface area contributed by atoms with Crippen LogP contribution >= 0.6 is 0 Å². The van der Waals surface area contributed by atoms with Gasteiger partial charge in [0.1, 0.15) is 17.1 Å². The van der Waals surface area contributed by atoms with Crippen molar-refractivity contribution >= 4 is 23.3 Å². The van der Waals surface area contributed by atoms with Crippen LogP contribution in [-0.2, 0) is 17.8 Å². The van der Waals surface area contributed by atoms with E-state index in [0.29, 0.717) is 49.0 Å². The summed E-state index contributed by atoms with van der Waals surface area (Å²) in [5.41, 5.74) is 8.97. The molecule has 1 aliphatic heterocycles. The molecular weight excluding hydrogens is 428 g/mol. The number of carbonyl (C=O) groups is 2. The van der Waals surface area contributed by atoms with Gasteiger partial charge in [0.2, 0.25) is 0 Å². The molecule has 1 aliphatic rings. The topological polar surface area (TPSA) is 106 Å². The van der Waals surface area contributed by atoms with Gasteiger partial charge in [-0.15, -0.1) is 0 Å². The lowest BCUT2D eigenvalue weighted by Crippen LogP contribution is -2.36. The zero-order chi connectivity index (χ0) is 24.7. The van der Waals surface area contributed by atoms with Crippen LogP contribution in [0.15, 0.2) is 65.2 Å². The van der Waals surface area contributed by atoms with Gasteiger partial charge >= 0.3 is 6.03 Å². The minimum absolute atomic E-state index is 0.0972. The fourth-order valence-electron chi connectivity index (χ4n) is 4.27. The van der Waals surface area contributed by atoms with Gasteiger partial charge in [0.05, 0.1) is 7.11 Å². The fraction of sp³-hybridized carbons (Fsp3) is 0.370. The van der Waals surface area contributed by atoms with Crippen LogP contribution in [0.3, 0.4) is 0 Å². The molecule has 2 aromatic carbocycles. The third-order valence-electron chi connectivity index (χ3n) is 5.73. The number of hydrogen-bond acceptors (Lipinski definition) is 5. The van der Waals surface area contributed by atoms with Crippen LogP contribution in [0.5, 0.6) is 5.75 Å². The first kappa shape index (κ1) is 25.0. The summed E-state index contributed by atoms with van der Waals surface area (Å²) in [6.45, 7) is 6.42. The molecule has 7 heteroatoms. The lowest BCUT2D eigenvalue weighted by molar-refractivity contribution is -0.123. The Hall–Kier alpha value is -3.61. The van der Waals surface area contributed by atoms with Gasteiger partial charge in [-0.25, -0.2) is 4.79 Å². The number of anilines is 1. The molecule has 34 heavy (non-hydrogen) atoms. The van der Waals surface area contributed by atoms with Crippen molar-refractivity contribution in [2.75, 3.05) is 12.4 Å². The van der Waals surface area contributed by atoms with Gasteiger partial charge < -0.3 is 21.1 Å². The number of nitrogens with zero attached hydrogens (tertiary/aromatic N) is 1. The molecule has 4 N–H and O–H groups in total. The normalized spacial score (nSPS) is 18.1. The number of Topliss-reactive ketones (excluding diaryl/α,β-unsaturated/α-hetero) is 1. The zero-order valence-electron chi connectivity index (χ0n) is 20.4. The maximum absolute atomic E-state index is 13.0. The minimum atomic E-state index is -0.779. The smallest absolute Gasteiger partial charge is 0.319 e. The minimum Gasteiger partial charge on any atom is -0.497 e. The Morgan fingerprint density at radius 2 is 1.91 bits per heavy atom. The number of amidine groups is 1. The van der Waals surface area contributed by atoms with E-state index in [-0.39, 0.29) is 11.8 Å². The highest BCUT2D eigenvalue weighted by atomic mass is 16.5. The summed E-state index contributed by atoms with van der Waals surface area (Å²) in [7, 11) is 1.58. The molecule has 0 saturated heterocycles. The number of rotatable bonds is 8. The van der Waals surface area contributed by atoms with E-state index in [1.807, 2.05) is 49.4 Å². The Kier molecular flexibility index (Phi) is 8.10. The van der Waals surface area contributed by atoms with Gasteiger partial charge in [-0.05, 0) is 55.0 Å². The molecule has 2 amide bonds. The summed E-state index contributed by atoms with van der Waals surface area (Å²) in [6, 6.07) is 14.8. The summed E-state index contributed by atoms with van der Waals surface area (Å²) < 4.78 is 5.18. The number of benzene rings is 2. The highest BCUT2D eigenvalue weighted by Crippen LogP contribution is 2.28. The summed E-state index contributed by atoms with van der Waals surface area (Å²) in [6.07, 6.45) is 3.44. The number of carbonyl (C=O) groups excluding carboxylic acids is 2. The first-order valence-corrected chi connectivity index (χ1v) is 11.5. The monoisotopic (exact) mass is 462 g/mol. The molecular formula is C27H34N4O3. The largest absolute Gasteiger partial charge is 0.497 e. The van der Waals surface area contributed by atoms with Crippen molar-refractivity contribution in [2.45, 2.75) is 52.1 Å². The fourth-order valence-corrected chi connectivity index (χ4v) is 4.27. The Labute approximate surface area is 201 Å². The lowest BCUT2D eigenvalue weighted by atomic mass is 9.84. The number of amides is 2. The number of nitrogens with one attached hydrogen (secondary N) is 2. The number of methoxy groups -OCH3 is 1. The zero-order valence-corrected chi connectivity index (χ0v) is 20.4. The molecule has 1 heterocycles. The van der Waals surface area contributed by atoms with Crippen molar-refractivity contribution in [1.82, 2.24) is 5.32 Å². The second-order valence-electron chi connectivity index (χ2n) is 9.35. The second kappa shape index (κ2) is 11.0. The van der Waals surface area contributed by atoms with Crippen molar-refractivity contribution in [3.63, 3.8) is 0 Å². The van der Waals surface area contributed by atoms with Crippen LogP contribution in [0, 0.1) is 5.92 Å². The first-order chi connectivity index (χ1) is 16.2. The lowest BCUT2D eigenvalue weighted by Gasteiger charge is -2.25. The van der Waals surface area contributed by atoms with E-state index in [4.69, 9.17) is 10.5 Å². The Balaban J connectivity index is 1.60. The molecule has 0 spiro atoms. The van der Waals surface area contributed by atoms with Crippen LogP contribution < -0.4 is 21.1 Å². The second-order valence-corrected chi connectivity index (χ2v) is 9.35. The quantitative estimate of drug-likeness (QED) is 0.532. The van der Waals surface area contributed by atoms with Crippen LogP contribution in [0.2, 0.25) is 0 Å². The Bertz CT molecular complexity index is 1110. The SMILES string of the molecule is COc1cccc(NC(=O)NCc2cccc(CC3=CC(N)=NC(C)(CC(C)C)C(=O)C3)c2)c1. The molecule has 0 bridgehead atoms. The molecule has 0 aliphatic carbocycles. The number of allylic oxidation sites excluding steroid dienone is 1. The molecule has 1 unspecified atom stereocenters. The van der Waals surface area contributed by atoms with E-state index in [0.717, 1.165) is 16.7 Å². The Morgan fingerprint density at radius 3 is 2.65 bits per heavy atom. The highest BCUT2D eigenvalue weighted by molar-refractivity contribution is 6.00. The Morgan fingerprint density at radius 1 is 1.18 bits per heavy atom.